The Labute approximate surface area is 349 Å². The number of amides is 1. The largest absolute Gasteiger partial charge is 0.507 e. The number of hydrogen-bond donors (Lipinski definition) is 5. The third-order valence-corrected chi connectivity index (χ3v) is 12.5. The molecule has 8 atom stereocenters. The number of nitrogens with one attached hydrogen (secondary N) is 1. The van der Waals surface area contributed by atoms with Gasteiger partial charge in [-0.3, -0.25) is 29.2 Å². The maximum atomic E-state index is 14.6. The van der Waals surface area contributed by atoms with Gasteiger partial charge in [-0.2, -0.15) is 0 Å². The summed E-state index contributed by atoms with van der Waals surface area (Å²) in [6.45, 7) is 18.8. The molecule has 0 aliphatic carbocycles. The number of esters is 1. The maximum absolute atomic E-state index is 14.6. The minimum absolute atomic E-state index is 0.0127. The molecular formula is C45H58N4O11. The van der Waals surface area contributed by atoms with Crippen LogP contribution in [0.3, 0.4) is 0 Å². The first-order valence-corrected chi connectivity index (χ1v) is 20.7. The van der Waals surface area contributed by atoms with Crippen molar-refractivity contribution >= 4 is 39.9 Å². The average molecular weight is 831 g/mol. The van der Waals surface area contributed by atoms with Gasteiger partial charge in [-0.15, -0.1) is 0 Å². The van der Waals surface area contributed by atoms with Crippen LogP contribution in [-0.2, 0) is 23.9 Å². The van der Waals surface area contributed by atoms with E-state index >= 15 is 0 Å². The predicted octanol–water partition coefficient (Wildman–Crippen LogP) is 4.30. The number of likely N-dealkylation sites (tertiary alicyclic amines) is 1. The number of ketones is 2. The molecule has 7 rings (SSSR count). The molecule has 15 nitrogen and oxygen atoms in total. The van der Waals surface area contributed by atoms with Crippen LogP contribution in [0, 0.1) is 36.5 Å². The van der Waals surface area contributed by atoms with Crippen molar-refractivity contribution in [3.8, 4) is 17.2 Å². The van der Waals surface area contributed by atoms with Crippen LogP contribution in [0.4, 0.5) is 5.69 Å². The van der Waals surface area contributed by atoms with E-state index in [1.54, 1.807) is 39.8 Å². The van der Waals surface area contributed by atoms with E-state index in [1.807, 2.05) is 0 Å². The number of phenolic OH excluding ortho intramolecular Hbond substituents is 2. The van der Waals surface area contributed by atoms with Gasteiger partial charge < -0.3 is 44.9 Å². The fourth-order valence-corrected chi connectivity index (χ4v) is 8.81. The third-order valence-electron chi connectivity index (χ3n) is 12.5. The summed E-state index contributed by atoms with van der Waals surface area (Å²) in [6.07, 6.45) is 4.55. The molecule has 1 fully saturated rings. The van der Waals surface area contributed by atoms with Gasteiger partial charge in [0.05, 0.1) is 40.7 Å². The molecule has 2 aromatic carbocycles. The van der Waals surface area contributed by atoms with Crippen molar-refractivity contribution in [3.63, 3.8) is 0 Å². The lowest BCUT2D eigenvalue weighted by molar-refractivity contribution is -0.158. The predicted molar refractivity (Wildman–Crippen MR) is 222 cm³/mol. The number of hydrogen-bond acceptors (Lipinski definition) is 14. The number of nitrogens with zero attached hydrogens (tertiary/aromatic N) is 3. The quantitative estimate of drug-likeness (QED) is 0.216. The first-order chi connectivity index (χ1) is 28.1. The Morgan fingerprint density at radius 3 is 2.27 bits per heavy atom. The zero-order valence-corrected chi connectivity index (χ0v) is 36.0. The number of ether oxygens (including phenoxy) is 3. The van der Waals surface area contributed by atoms with Gasteiger partial charge in [0.1, 0.15) is 28.6 Å². The second kappa shape index (κ2) is 16.7. The second-order valence-corrected chi connectivity index (χ2v) is 17.6. The molecule has 2 aromatic rings. The van der Waals surface area contributed by atoms with Crippen molar-refractivity contribution in [2.75, 3.05) is 25.0 Å². The Hall–Kier alpha value is -5.12. The number of aromatic hydroxyl groups is 2. The summed E-state index contributed by atoms with van der Waals surface area (Å²) >= 11 is 0. The molecule has 1 amide bonds. The highest BCUT2D eigenvalue weighted by atomic mass is 16.7. The number of fused-ring (bicyclic) bond motifs is 13. The number of aliphatic hydroxyl groups excluding tert-OH is 2. The van der Waals surface area contributed by atoms with Gasteiger partial charge in [-0.05, 0) is 19.8 Å². The van der Waals surface area contributed by atoms with Crippen LogP contribution < -0.4 is 20.8 Å². The Kier molecular flexibility index (Phi) is 12.4. The van der Waals surface area contributed by atoms with Gasteiger partial charge in [0.15, 0.2) is 17.2 Å². The smallest absolute Gasteiger partial charge is 0.312 e. The second-order valence-electron chi connectivity index (χ2n) is 17.6. The molecule has 5 aliphatic rings. The number of phenols is 2. The lowest BCUT2D eigenvalue weighted by Crippen LogP contribution is -2.45. The van der Waals surface area contributed by atoms with E-state index in [0.29, 0.717) is 31.8 Å². The first-order valence-electron chi connectivity index (χ1n) is 20.7. The summed E-state index contributed by atoms with van der Waals surface area (Å²) in [4.78, 5) is 66.9. The van der Waals surface area contributed by atoms with Crippen molar-refractivity contribution in [2.24, 2.45) is 39.6 Å². The highest BCUT2D eigenvalue weighted by Gasteiger charge is 2.50. The van der Waals surface area contributed by atoms with E-state index in [9.17, 15) is 39.6 Å². The van der Waals surface area contributed by atoms with Crippen LogP contribution in [0.25, 0.3) is 10.8 Å². The molecular weight excluding hydrogens is 773 g/mol. The molecule has 5 N–H and O–H groups in total. The normalized spacial score (nSPS) is 31.8. The summed E-state index contributed by atoms with van der Waals surface area (Å²) in [6, 6.07) is 0. The summed E-state index contributed by atoms with van der Waals surface area (Å²) in [7, 11) is 0. The van der Waals surface area contributed by atoms with Crippen molar-refractivity contribution < 1.29 is 53.8 Å². The van der Waals surface area contributed by atoms with Crippen molar-refractivity contribution in [1.29, 1.82) is 0 Å². The Morgan fingerprint density at radius 1 is 0.983 bits per heavy atom. The number of piperidine rings is 1. The molecule has 0 aromatic heterocycles. The van der Waals surface area contributed by atoms with E-state index in [4.69, 9.17) is 24.2 Å². The SMILES string of the molecule is CC(=O)O[C@H]1[C@H](C)[C@H](O)[C@H](C)[C@@H](O)[C@@H](C)/C=C/C=C(/C)C(=O)Nc2c(O)c3c(O)c(C)c4c(c3c3c2=NC2(CCN(CC(C)C)CC2)N=3)C(=O)[C@@](C)(O/C=C/C(=O)[C@H]1C)O4. The topological polar surface area (TPSA) is 217 Å². The zero-order chi connectivity index (χ0) is 44.2. The van der Waals surface area contributed by atoms with E-state index in [2.05, 4.69) is 24.1 Å². The number of aliphatic hydroxyl groups is 2. The lowest BCUT2D eigenvalue weighted by Gasteiger charge is -2.36. The fraction of sp³-hybridized carbons (Fsp3) is 0.556. The number of anilines is 1. The van der Waals surface area contributed by atoms with Gasteiger partial charge in [0, 0.05) is 86.7 Å². The first kappa shape index (κ1) is 44.4. The summed E-state index contributed by atoms with van der Waals surface area (Å²) in [5, 5.41) is 49.7. The monoisotopic (exact) mass is 830 g/mol. The highest BCUT2D eigenvalue weighted by Crippen LogP contribution is 2.50. The minimum Gasteiger partial charge on any atom is -0.507 e. The molecule has 0 unspecified atom stereocenters. The number of Topliss-reactive ketones (excluding diaryl/α,β-unsaturated/α-hetero) is 1. The zero-order valence-electron chi connectivity index (χ0n) is 36.0. The number of benzene rings is 2. The molecule has 60 heavy (non-hydrogen) atoms. The molecule has 15 heteroatoms. The molecule has 0 radical (unpaired) electrons. The standard InChI is InChI=1S/C45H58N4O11/c1-21(2)20-49-17-15-45(16-18-49)47-33-30-31-38(54)27(8)41-32(30)42(56)44(10,60-41)58-19-14-29(51)24(5)40(59-28(9)50)26(7)37(53)25(6)36(52)22(3)12-11-13-23(4)43(57)46-35(39(31)55)34(33)48-45/h11-14,19,21-22,24-26,36-37,40,52-55H,15-18,20H2,1-10H3,(H,46,57)/b12-11+,19-14+,23-13-/t22-,24+,25+,26+,36-,37+,40+,44-/m0/s1. The van der Waals surface area contributed by atoms with E-state index in [-0.39, 0.29) is 49.6 Å². The van der Waals surface area contributed by atoms with Gasteiger partial charge in [0.2, 0.25) is 0 Å². The summed E-state index contributed by atoms with van der Waals surface area (Å²) < 4.78 is 17.7. The number of carbonyl (C=O) groups is 4. The molecule has 1 saturated heterocycles. The van der Waals surface area contributed by atoms with Crippen LogP contribution in [0.5, 0.6) is 17.2 Å². The van der Waals surface area contributed by atoms with Gasteiger partial charge in [0.25, 0.3) is 11.7 Å². The van der Waals surface area contributed by atoms with Crippen LogP contribution in [0.15, 0.2) is 46.1 Å². The third kappa shape index (κ3) is 8.06. The molecule has 1 spiro atoms. The van der Waals surface area contributed by atoms with Crippen LogP contribution in [0.2, 0.25) is 0 Å². The lowest BCUT2D eigenvalue weighted by atomic mass is 9.78. The number of rotatable bonds is 3. The highest BCUT2D eigenvalue weighted by molar-refractivity contribution is 6.19. The van der Waals surface area contributed by atoms with Gasteiger partial charge in [-0.25, -0.2) is 0 Å². The molecule has 324 valence electrons. The molecule has 0 saturated carbocycles. The van der Waals surface area contributed by atoms with Crippen LogP contribution in [0.1, 0.15) is 91.1 Å². The van der Waals surface area contributed by atoms with Crippen LogP contribution in [-0.4, -0.2) is 98.2 Å². The summed E-state index contributed by atoms with van der Waals surface area (Å²) in [5.41, 5.74) is -0.744. The summed E-state index contributed by atoms with van der Waals surface area (Å²) in [5.74, 6) is -8.10. The van der Waals surface area contributed by atoms with Crippen LogP contribution >= 0.6 is 0 Å². The number of allylic oxidation sites excluding steroid dienone is 3. The average Bonchev–Trinajstić information content (AvgIpc) is 3.69. The fourth-order valence-electron chi connectivity index (χ4n) is 8.81. The molecule has 5 aliphatic heterocycles. The van der Waals surface area contributed by atoms with E-state index < -0.39 is 88.4 Å². The molecule has 5 heterocycles. The number of carbonyl (C=O) groups excluding carboxylic acids is 4. The van der Waals surface area contributed by atoms with E-state index in [1.165, 1.54) is 33.8 Å². The van der Waals surface area contributed by atoms with Gasteiger partial charge >= 0.3 is 11.8 Å². The molecule has 5 bridgehead atoms. The Morgan fingerprint density at radius 2 is 1.63 bits per heavy atom. The van der Waals surface area contributed by atoms with Gasteiger partial charge in [-0.1, -0.05) is 59.8 Å². The maximum Gasteiger partial charge on any atom is 0.312 e. The van der Waals surface area contributed by atoms with Crippen molar-refractivity contribution in [2.45, 2.75) is 112 Å². The van der Waals surface area contributed by atoms with Crippen molar-refractivity contribution in [3.05, 3.63) is 58.0 Å². The Balaban J connectivity index is 1.53. The minimum atomic E-state index is -2.05. The van der Waals surface area contributed by atoms with Crippen molar-refractivity contribution in [1.82, 2.24) is 4.90 Å². The Bertz CT molecular complexity index is 2330. The van der Waals surface area contributed by atoms with E-state index in [0.717, 1.165) is 18.9 Å².